The molecule has 8 unspecified atom stereocenters. The van der Waals surface area contributed by atoms with Gasteiger partial charge in [-0.2, -0.15) is 0 Å². The number of Topliss-reactive ketones (excluding diaryl/α,β-unsaturated/α-hetero) is 2. The molecule has 0 aromatic heterocycles. The quantitative estimate of drug-likeness (QED) is 0.107. The first-order valence-electron chi connectivity index (χ1n) is 22.2. The number of nitrogens with zero attached hydrogens (tertiary/aromatic N) is 1. The van der Waals surface area contributed by atoms with Crippen LogP contribution in [0.25, 0.3) is 11.8 Å². The molecule has 62 heavy (non-hydrogen) atoms. The van der Waals surface area contributed by atoms with Gasteiger partial charge in [-0.1, -0.05) is 53.6 Å². The first kappa shape index (κ1) is 41.6. The number of ether oxygens (including phenoxy) is 5. The van der Waals surface area contributed by atoms with Crippen molar-refractivity contribution in [1.29, 1.82) is 0 Å². The number of ketones is 2. The van der Waals surface area contributed by atoms with E-state index in [4.69, 9.17) is 23.7 Å². The van der Waals surface area contributed by atoms with Crippen molar-refractivity contribution in [2.24, 2.45) is 23.7 Å². The maximum atomic E-state index is 16.0. The summed E-state index contributed by atoms with van der Waals surface area (Å²) in [6.45, 7) is 17.6. The second kappa shape index (κ2) is 14.0. The van der Waals surface area contributed by atoms with E-state index in [9.17, 15) is 4.79 Å². The zero-order chi connectivity index (χ0) is 43.9. The van der Waals surface area contributed by atoms with Crippen molar-refractivity contribution in [2.45, 2.75) is 116 Å². The fourth-order valence-electron chi connectivity index (χ4n) is 13.2. The summed E-state index contributed by atoms with van der Waals surface area (Å²) < 4.78 is 34.8. The number of alkyl halides is 1. The van der Waals surface area contributed by atoms with Crippen LogP contribution in [0.5, 0.6) is 17.2 Å². The summed E-state index contributed by atoms with van der Waals surface area (Å²) in [5.41, 5.74) is 3.36. The van der Waals surface area contributed by atoms with Crippen LogP contribution >= 0.6 is 15.9 Å². The Morgan fingerprint density at radius 3 is 2.45 bits per heavy atom. The molecule has 11 rings (SSSR count). The second-order valence-electron chi connectivity index (χ2n) is 19.8. The van der Waals surface area contributed by atoms with E-state index in [-0.39, 0.29) is 29.4 Å². The van der Waals surface area contributed by atoms with Gasteiger partial charge < -0.3 is 28.6 Å². The van der Waals surface area contributed by atoms with Gasteiger partial charge >= 0.3 is 5.97 Å². The normalized spacial score (nSPS) is 33.4. The summed E-state index contributed by atoms with van der Waals surface area (Å²) in [6.07, 6.45) is 13.3. The van der Waals surface area contributed by atoms with Gasteiger partial charge in [-0.15, -0.1) is 0 Å². The molecule has 9 aliphatic rings. The van der Waals surface area contributed by atoms with E-state index >= 15 is 9.59 Å². The number of carbonyl (C=O) groups is 3. The van der Waals surface area contributed by atoms with Crippen LogP contribution in [0.15, 0.2) is 70.9 Å². The number of halogens is 1. The Labute approximate surface area is 372 Å². The first-order valence-corrected chi connectivity index (χ1v) is 23.3. The second-order valence-corrected chi connectivity index (χ2v) is 20.3. The number of methoxy groups -OCH3 is 1. The monoisotopic (exact) mass is 904 g/mol. The van der Waals surface area contributed by atoms with Crippen LogP contribution in [-0.4, -0.2) is 70.6 Å². The van der Waals surface area contributed by atoms with Crippen LogP contribution in [0.1, 0.15) is 114 Å². The molecule has 326 valence electrons. The number of nitrogens with one attached hydrogen (secondary N) is 1. The lowest BCUT2D eigenvalue weighted by atomic mass is 9.39. The highest BCUT2D eigenvalue weighted by Gasteiger charge is 2.89. The van der Waals surface area contributed by atoms with Gasteiger partial charge in [0.05, 0.1) is 35.5 Å². The smallest absolute Gasteiger partial charge is 0.333 e. The Balaban J connectivity index is 1.33. The van der Waals surface area contributed by atoms with E-state index < -0.39 is 51.8 Å². The molecule has 1 N–H and O–H groups in total. The van der Waals surface area contributed by atoms with Crippen molar-refractivity contribution >= 4 is 45.2 Å². The van der Waals surface area contributed by atoms with Gasteiger partial charge in [0.25, 0.3) is 0 Å². The molecular weight excluding hydrogens is 848 g/mol. The molecule has 4 bridgehead atoms. The zero-order valence-corrected chi connectivity index (χ0v) is 38.8. The average molecular weight is 906 g/mol. The lowest BCUT2D eigenvalue weighted by Crippen LogP contribution is -2.84. The van der Waals surface area contributed by atoms with Gasteiger partial charge in [0.2, 0.25) is 0 Å². The molecule has 5 heterocycles. The summed E-state index contributed by atoms with van der Waals surface area (Å²) in [5.74, 6) is -0.446. The van der Waals surface area contributed by atoms with Gasteiger partial charge in [-0.25, -0.2) is 4.79 Å². The van der Waals surface area contributed by atoms with E-state index in [0.29, 0.717) is 59.9 Å². The number of rotatable bonds is 10. The molecule has 0 radical (unpaired) electrons. The van der Waals surface area contributed by atoms with Crippen LogP contribution in [0.3, 0.4) is 0 Å². The zero-order valence-electron chi connectivity index (χ0n) is 37.3. The van der Waals surface area contributed by atoms with E-state index in [1.165, 1.54) is 12.7 Å². The Hall–Kier alpha value is -4.45. The molecule has 3 saturated carbocycles. The number of allylic oxidation sites excluding steroid dienone is 5. The number of hydrogen-bond donors (Lipinski definition) is 1. The number of fused-ring (bicyclic) bond motifs is 5. The summed E-state index contributed by atoms with van der Waals surface area (Å²) in [6, 6.07) is 7.88. The number of carbonyl (C=O) groups excluding carboxylic acids is 3. The van der Waals surface area contributed by atoms with Gasteiger partial charge in [-0.3, -0.25) is 14.9 Å². The predicted molar refractivity (Wildman–Crippen MR) is 240 cm³/mol. The van der Waals surface area contributed by atoms with Crippen molar-refractivity contribution in [2.75, 3.05) is 25.7 Å². The summed E-state index contributed by atoms with van der Waals surface area (Å²) >= 11 is 3.66. The van der Waals surface area contributed by atoms with Gasteiger partial charge in [0, 0.05) is 65.1 Å². The highest BCUT2D eigenvalue weighted by Crippen LogP contribution is 2.78. The topological polar surface area (TPSA) is 113 Å². The number of esters is 1. The van der Waals surface area contributed by atoms with E-state index in [2.05, 4.69) is 98.9 Å². The average Bonchev–Trinajstić information content (AvgIpc) is 3.83. The largest absolute Gasteiger partial charge is 0.482 e. The molecule has 0 amide bonds. The van der Waals surface area contributed by atoms with Crippen LogP contribution in [-0.2, 0) is 31.1 Å². The van der Waals surface area contributed by atoms with Gasteiger partial charge in [0.15, 0.2) is 22.8 Å². The minimum Gasteiger partial charge on any atom is -0.482 e. The summed E-state index contributed by atoms with van der Waals surface area (Å²) in [4.78, 5) is 46.4. The molecule has 11 heteroatoms. The lowest BCUT2D eigenvalue weighted by Gasteiger charge is -2.70. The fourth-order valence-corrected chi connectivity index (χ4v) is 13.4. The van der Waals surface area contributed by atoms with Gasteiger partial charge in [-0.05, 0) is 109 Å². The minimum atomic E-state index is -1.52. The van der Waals surface area contributed by atoms with Crippen LogP contribution in [0.4, 0.5) is 0 Å². The third-order valence-corrected chi connectivity index (χ3v) is 15.7. The van der Waals surface area contributed by atoms with Gasteiger partial charge in [0.1, 0.15) is 34.0 Å². The van der Waals surface area contributed by atoms with Crippen molar-refractivity contribution in [3.05, 3.63) is 98.7 Å². The molecule has 5 fully saturated rings. The molecule has 10 nitrogen and oxygen atoms in total. The molecule has 2 aromatic carbocycles. The Morgan fingerprint density at radius 2 is 1.74 bits per heavy atom. The minimum absolute atomic E-state index is 0.0271. The highest BCUT2D eigenvalue weighted by molar-refractivity contribution is 9.09. The Morgan fingerprint density at radius 1 is 1.00 bits per heavy atom. The summed E-state index contributed by atoms with van der Waals surface area (Å²) in [7, 11) is 1.36. The molecule has 2 aromatic rings. The third-order valence-electron chi connectivity index (χ3n) is 15.4. The standard InChI is InChI=1S/C51H57BrN2O8/c1-27(2)13-12-20-48(8)21-19-33-41(60-48)32(17-16-28(3)4)43-38(42(33)59-26-52)51-44-36(37-39(54(51)24-23-53-51)30-14-10-11-15-31(30)40(37)55)34-25-35-47(6,7)62-49(45(34)56,50(35,44)61-43)22-18-29(5)46(57)58-9/h10-11,13-16,18-19,21,34-36,44,53H,12,17,20,22-26H2,1-9H3. The molecule has 8 atom stereocenters. The first-order chi connectivity index (χ1) is 29.5. The fraction of sp³-hybridized carbons (Fsp3) is 0.510. The third kappa shape index (κ3) is 5.24. The highest BCUT2D eigenvalue weighted by atomic mass is 79.9. The maximum absolute atomic E-state index is 16.0. The molecular formula is C51H57BrN2O8. The Kier molecular flexibility index (Phi) is 9.40. The molecule has 4 aliphatic carbocycles. The van der Waals surface area contributed by atoms with E-state index in [0.717, 1.165) is 46.4 Å². The Bertz CT molecular complexity index is 2520. The predicted octanol–water partition coefficient (Wildman–Crippen LogP) is 9.16. The van der Waals surface area contributed by atoms with Crippen molar-refractivity contribution in [1.82, 2.24) is 10.2 Å². The maximum Gasteiger partial charge on any atom is 0.333 e. The van der Waals surface area contributed by atoms with Crippen molar-refractivity contribution in [3.63, 3.8) is 0 Å². The van der Waals surface area contributed by atoms with Crippen LogP contribution in [0, 0.1) is 23.7 Å². The lowest BCUT2D eigenvalue weighted by molar-refractivity contribution is -0.245. The SMILES string of the molecule is COC(=O)C(C)=CCC12OC(C)(C)C3CC(C1=O)C1C4=C(c5ccccc5C4=O)N4CCNC45c4c(OCBr)c6c(c(CC=C(C)C)c4OC32C15)OC(C)(CCC=C(C)C)C=C6. The van der Waals surface area contributed by atoms with Crippen molar-refractivity contribution < 1.29 is 38.1 Å². The molecule has 2 saturated heterocycles. The number of hydrogen-bond acceptors (Lipinski definition) is 10. The van der Waals surface area contributed by atoms with Crippen LogP contribution in [0.2, 0.25) is 0 Å². The molecule has 5 aliphatic heterocycles. The van der Waals surface area contributed by atoms with E-state index in [1.54, 1.807) is 13.0 Å². The summed E-state index contributed by atoms with van der Waals surface area (Å²) in [5, 5.41) is 4.13. The van der Waals surface area contributed by atoms with Crippen molar-refractivity contribution in [3.8, 4) is 17.2 Å². The van der Waals surface area contributed by atoms with Crippen LogP contribution < -0.4 is 19.5 Å². The van der Waals surface area contributed by atoms with E-state index in [1.807, 2.05) is 24.3 Å². The number of benzene rings is 2. The molecule has 2 spiro atoms.